The fourth-order valence-corrected chi connectivity index (χ4v) is 4.68. The zero-order valence-corrected chi connectivity index (χ0v) is 13.2. The van der Waals surface area contributed by atoms with Crippen LogP contribution in [0.2, 0.25) is 0 Å². The van der Waals surface area contributed by atoms with Gasteiger partial charge in [-0.25, -0.2) is 0 Å². The number of aryl methyl sites for hydroxylation is 1. The molecule has 0 amide bonds. The van der Waals surface area contributed by atoms with Crippen LogP contribution in [0.5, 0.6) is 0 Å². The lowest BCUT2D eigenvalue weighted by Gasteiger charge is -2.38. The van der Waals surface area contributed by atoms with E-state index in [0.29, 0.717) is 6.04 Å². The van der Waals surface area contributed by atoms with E-state index >= 15 is 0 Å². The Kier molecular flexibility index (Phi) is 4.57. The third kappa shape index (κ3) is 3.32. The molecule has 0 aromatic heterocycles. The van der Waals surface area contributed by atoms with Gasteiger partial charge in [-0.05, 0) is 49.1 Å². The summed E-state index contributed by atoms with van der Waals surface area (Å²) in [5, 5.41) is 3.71. The van der Waals surface area contributed by atoms with Crippen molar-refractivity contribution < 1.29 is 4.74 Å². The zero-order valence-electron chi connectivity index (χ0n) is 12.4. The Morgan fingerprint density at radius 3 is 2.90 bits per heavy atom. The van der Waals surface area contributed by atoms with Gasteiger partial charge in [0.25, 0.3) is 0 Å². The van der Waals surface area contributed by atoms with Gasteiger partial charge in [-0.3, -0.25) is 0 Å². The standard InChI is InChI=1S/C17H25NOS/c1-2-3-14-4-6-15(7-5-14)18-16-8-10-19-17(12-16)9-11-20-13-17/h4-7,16,18H,2-3,8-13H2,1H3. The second-order valence-corrected chi connectivity index (χ2v) is 7.22. The molecule has 20 heavy (non-hydrogen) atoms. The molecule has 2 heterocycles. The SMILES string of the molecule is CCCc1ccc(NC2CCOC3(CCSC3)C2)cc1. The van der Waals surface area contributed by atoms with Gasteiger partial charge in [-0.2, -0.15) is 11.8 Å². The summed E-state index contributed by atoms with van der Waals surface area (Å²) in [7, 11) is 0. The average Bonchev–Trinajstić information content (AvgIpc) is 2.89. The molecule has 2 saturated heterocycles. The summed E-state index contributed by atoms with van der Waals surface area (Å²) in [5.41, 5.74) is 2.87. The Morgan fingerprint density at radius 1 is 1.35 bits per heavy atom. The van der Waals surface area contributed by atoms with Crippen LogP contribution in [0.15, 0.2) is 24.3 Å². The molecule has 0 radical (unpaired) electrons. The summed E-state index contributed by atoms with van der Waals surface area (Å²) < 4.78 is 6.08. The van der Waals surface area contributed by atoms with Crippen LogP contribution >= 0.6 is 11.8 Å². The van der Waals surface area contributed by atoms with Gasteiger partial charge in [0, 0.05) is 24.1 Å². The smallest absolute Gasteiger partial charge is 0.0799 e. The van der Waals surface area contributed by atoms with Crippen LogP contribution in [0.3, 0.4) is 0 Å². The second-order valence-electron chi connectivity index (χ2n) is 6.12. The molecule has 1 spiro atoms. The minimum atomic E-state index is 0.169. The van der Waals surface area contributed by atoms with Crippen molar-refractivity contribution in [3.63, 3.8) is 0 Å². The first-order valence-electron chi connectivity index (χ1n) is 7.87. The number of hydrogen-bond donors (Lipinski definition) is 1. The first-order chi connectivity index (χ1) is 9.80. The summed E-state index contributed by atoms with van der Waals surface area (Å²) in [6.45, 7) is 3.14. The molecule has 0 saturated carbocycles. The van der Waals surface area contributed by atoms with E-state index < -0.39 is 0 Å². The number of thioether (sulfide) groups is 1. The lowest BCUT2D eigenvalue weighted by molar-refractivity contribution is -0.0628. The molecule has 0 aliphatic carbocycles. The summed E-state index contributed by atoms with van der Waals surface area (Å²) in [5.74, 6) is 2.44. The fourth-order valence-electron chi connectivity index (χ4n) is 3.31. The average molecular weight is 291 g/mol. The van der Waals surface area contributed by atoms with Gasteiger partial charge in [0.1, 0.15) is 0 Å². The zero-order chi connectivity index (χ0) is 13.8. The largest absolute Gasteiger partial charge is 0.382 e. The highest BCUT2D eigenvalue weighted by molar-refractivity contribution is 7.99. The van der Waals surface area contributed by atoms with Gasteiger partial charge >= 0.3 is 0 Å². The maximum absolute atomic E-state index is 6.08. The molecular formula is C17H25NOS. The molecule has 0 bridgehead atoms. The van der Waals surface area contributed by atoms with Gasteiger partial charge in [0.15, 0.2) is 0 Å². The third-order valence-electron chi connectivity index (χ3n) is 4.42. The Morgan fingerprint density at radius 2 is 2.20 bits per heavy atom. The molecule has 2 unspecified atom stereocenters. The summed E-state index contributed by atoms with van der Waals surface area (Å²) in [6.07, 6.45) is 5.91. The van der Waals surface area contributed by atoms with Crippen LogP contribution in [-0.2, 0) is 11.2 Å². The van der Waals surface area contributed by atoms with Gasteiger partial charge in [0.2, 0.25) is 0 Å². The van der Waals surface area contributed by atoms with Crippen LogP contribution in [0.25, 0.3) is 0 Å². The molecule has 1 aromatic rings. The van der Waals surface area contributed by atoms with Crippen LogP contribution in [0.4, 0.5) is 5.69 Å². The van der Waals surface area contributed by atoms with Crippen molar-refractivity contribution in [2.24, 2.45) is 0 Å². The van der Waals surface area contributed by atoms with Crippen LogP contribution < -0.4 is 5.32 Å². The van der Waals surface area contributed by atoms with Crippen LogP contribution in [0.1, 0.15) is 38.2 Å². The van der Waals surface area contributed by atoms with Crippen molar-refractivity contribution in [1.82, 2.24) is 0 Å². The number of nitrogens with one attached hydrogen (secondary N) is 1. The monoisotopic (exact) mass is 291 g/mol. The summed E-state index contributed by atoms with van der Waals surface area (Å²) in [4.78, 5) is 0. The highest BCUT2D eigenvalue weighted by Gasteiger charge is 2.40. The summed E-state index contributed by atoms with van der Waals surface area (Å²) in [6, 6.07) is 9.55. The maximum Gasteiger partial charge on any atom is 0.0799 e. The van der Waals surface area contributed by atoms with Gasteiger partial charge in [0.05, 0.1) is 5.60 Å². The van der Waals surface area contributed by atoms with Crippen molar-refractivity contribution in [1.29, 1.82) is 0 Å². The highest BCUT2D eigenvalue weighted by atomic mass is 32.2. The second kappa shape index (κ2) is 6.40. The van der Waals surface area contributed by atoms with Crippen molar-refractivity contribution in [2.45, 2.75) is 50.7 Å². The lowest BCUT2D eigenvalue weighted by atomic mass is 9.89. The molecule has 2 aliphatic heterocycles. The minimum Gasteiger partial charge on any atom is -0.382 e. The fraction of sp³-hybridized carbons (Fsp3) is 0.647. The number of anilines is 1. The van der Waals surface area contributed by atoms with Crippen molar-refractivity contribution in [3.8, 4) is 0 Å². The van der Waals surface area contributed by atoms with E-state index in [1.54, 1.807) is 0 Å². The lowest BCUT2D eigenvalue weighted by Crippen LogP contribution is -2.44. The number of benzene rings is 1. The normalized spacial score (nSPS) is 29.8. The molecule has 3 heteroatoms. The van der Waals surface area contributed by atoms with Gasteiger partial charge < -0.3 is 10.1 Å². The van der Waals surface area contributed by atoms with Crippen LogP contribution in [0, 0.1) is 0 Å². The molecule has 3 rings (SSSR count). The van der Waals surface area contributed by atoms with E-state index in [-0.39, 0.29) is 5.60 Å². The van der Waals surface area contributed by atoms with Crippen molar-refractivity contribution >= 4 is 17.4 Å². The van der Waals surface area contributed by atoms with Gasteiger partial charge in [-0.15, -0.1) is 0 Å². The molecular weight excluding hydrogens is 266 g/mol. The quantitative estimate of drug-likeness (QED) is 0.902. The predicted molar refractivity (Wildman–Crippen MR) is 87.7 cm³/mol. The van der Waals surface area contributed by atoms with E-state index in [9.17, 15) is 0 Å². The number of ether oxygens (including phenoxy) is 1. The molecule has 110 valence electrons. The van der Waals surface area contributed by atoms with Gasteiger partial charge in [-0.1, -0.05) is 25.5 Å². The van der Waals surface area contributed by atoms with E-state index in [1.807, 2.05) is 11.8 Å². The highest BCUT2D eigenvalue weighted by Crippen LogP contribution is 2.38. The molecule has 2 atom stereocenters. The van der Waals surface area contributed by atoms with E-state index in [4.69, 9.17) is 4.74 Å². The topological polar surface area (TPSA) is 21.3 Å². The number of rotatable bonds is 4. The van der Waals surface area contributed by atoms with E-state index in [2.05, 4.69) is 36.5 Å². The maximum atomic E-state index is 6.08. The van der Waals surface area contributed by atoms with Crippen LogP contribution in [-0.4, -0.2) is 29.8 Å². The number of hydrogen-bond acceptors (Lipinski definition) is 3. The minimum absolute atomic E-state index is 0.169. The molecule has 2 fully saturated rings. The Balaban J connectivity index is 1.59. The van der Waals surface area contributed by atoms with E-state index in [0.717, 1.165) is 19.4 Å². The van der Waals surface area contributed by atoms with E-state index in [1.165, 1.54) is 42.0 Å². The first-order valence-corrected chi connectivity index (χ1v) is 9.02. The summed E-state index contributed by atoms with van der Waals surface area (Å²) >= 11 is 2.04. The van der Waals surface area contributed by atoms with Crippen molar-refractivity contribution in [2.75, 3.05) is 23.4 Å². The molecule has 2 aliphatic rings. The first kappa shape index (κ1) is 14.3. The molecule has 2 nitrogen and oxygen atoms in total. The molecule has 1 aromatic carbocycles. The third-order valence-corrected chi connectivity index (χ3v) is 5.65. The molecule has 1 N–H and O–H groups in total. The Labute approximate surface area is 126 Å². The van der Waals surface area contributed by atoms with Crippen molar-refractivity contribution in [3.05, 3.63) is 29.8 Å². The Bertz CT molecular complexity index is 425. The predicted octanol–water partition coefficient (Wildman–Crippen LogP) is 4.11. The Hall–Kier alpha value is -0.670.